The fourth-order valence-corrected chi connectivity index (χ4v) is 1.75. The summed E-state index contributed by atoms with van der Waals surface area (Å²) < 4.78 is 0. The minimum absolute atomic E-state index is 0.232. The lowest BCUT2D eigenvalue weighted by Crippen LogP contribution is -2.14. The number of nitrogens with one attached hydrogen (secondary N) is 2. The van der Waals surface area contributed by atoms with E-state index in [0.717, 1.165) is 11.4 Å². The third-order valence-electron chi connectivity index (χ3n) is 2.76. The van der Waals surface area contributed by atoms with Gasteiger partial charge >= 0.3 is 0 Å². The van der Waals surface area contributed by atoms with Crippen molar-refractivity contribution in [2.45, 2.75) is 13.8 Å². The van der Waals surface area contributed by atoms with Crippen LogP contribution in [-0.2, 0) is 0 Å². The molecule has 4 N–H and O–H groups in total. The number of rotatable bonds is 2. The van der Waals surface area contributed by atoms with Gasteiger partial charge in [0.15, 0.2) is 0 Å². The lowest BCUT2D eigenvalue weighted by molar-refractivity contribution is 0.102. The minimum Gasteiger partial charge on any atom is -0.320 e. The zero-order valence-electron chi connectivity index (χ0n) is 11.3. The van der Waals surface area contributed by atoms with Crippen molar-refractivity contribution in [2.24, 2.45) is 5.73 Å². The van der Waals surface area contributed by atoms with Gasteiger partial charge in [0.1, 0.15) is 0 Å². The Morgan fingerprint density at radius 3 is 2.95 bits per heavy atom. The number of pyridine rings is 1. The molecule has 2 heterocycles. The van der Waals surface area contributed by atoms with Gasteiger partial charge < -0.3 is 11.1 Å². The Morgan fingerprint density at radius 2 is 2.30 bits per heavy atom. The van der Waals surface area contributed by atoms with E-state index in [2.05, 4.69) is 32.3 Å². The number of carbonyl (C=O) groups excluding carboxylic acids is 1. The second-order valence-corrected chi connectivity index (χ2v) is 4.19. The highest BCUT2D eigenvalue weighted by molar-refractivity contribution is 6.06. The first-order chi connectivity index (χ1) is 9.63. The number of H-pyrrole nitrogens is 1. The molecule has 0 atom stereocenters. The van der Waals surface area contributed by atoms with E-state index in [1.165, 1.54) is 0 Å². The predicted octanol–water partition coefficient (Wildman–Crippen LogP) is 0.984. The topological polar surface area (TPSA) is 96.7 Å². The average molecular weight is 269 g/mol. The summed E-state index contributed by atoms with van der Waals surface area (Å²) in [7, 11) is 0. The highest BCUT2D eigenvalue weighted by Crippen LogP contribution is 2.18. The van der Waals surface area contributed by atoms with Crippen LogP contribution in [0.3, 0.4) is 0 Å². The Morgan fingerprint density at radius 1 is 1.50 bits per heavy atom. The number of carbonyl (C=O) groups is 1. The van der Waals surface area contributed by atoms with Gasteiger partial charge in [0.05, 0.1) is 34.7 Å². The maximum absolute atomic E-state index is 12.3. The molecule has 1 amide bonds. The molecule has 0 aliphatic rings. The molecule has 0 bridgehead atoms. The maximum atomic E-state index is 12.3. The van der Waals surface area contributed by atoms with Crippen LogP contribution in [0.25, 0.3) is 0 Å². The molecule has 0 saturated heterocycles. The van der Waals surface area contributed by atoms with E-state index in [4.69, 9.17) is 5.73 Å². The molecule has 0 fully saturated rings. The zero-order valence-corrected chi connectivity index (χ0v) is 11.3. The van der Waals surface area contributed by atoms with Crippen LogP contribution in [0.4, 0.5) is 5.69 Å². The largest absolute Gasteiger partial charge is 0.320 e. The molecule has 0 aliphatic carbocycles. The van der Waals surface area contributed by atoms with E-state index in [0.29, 0.717) is 16.8 Å². The Kier molecular flexibility index (Phi) is 4.13. The highest BCUT2D eigenvalue weighted by atomic mass is 16.1. The van der Waals surface area contributed by atoms with Crippen LogP contribution < -0.4 is 11.1 Å². The molecule has 0 aromatic carbocycles. The van der Waals surface area contributed by atoms with Crippen molar-refractivity contribution in [2.75, 3.05) is 11.9 Å². The summed E-state index contributed by atoms with van der Waals surface area (Å²) in [6.45, 7) is 3.90. The molecule has 0 unspecified atom stereocenters. The quantitative estimate of drug-likeness (QED) is 0.708. The fourth-order valence-electron chi connectivity index (χ4n) is 1.75. The van der Waals surface area contributed by atoms with Crippen LogP contribution in [-0.4, -0.2) is 27.6 Å². The van der Waals surface area contributed by atoms with Crippen LogP contribution in [0, 0.1) is 25.7 Å². The first kappa shape index (κ1) is 13.8. The molecule has 6 heteroatoms. The summed E-state index contributed by atoms with van der Waals surface area (Å²) in [6, 6.07) is 1.63. The van der Waals surface area contributed by atoms with Gasteiger partial charge in [-0.3, -0.25) is 14.9 Å². The summed E-state index contributed by atoms with van der Waals surface area (Å²) in [4.78, 5) is 16.3. The number of aromatic amines is 1. The monoisotopic (exact) mass is 269 g/mol. The number of amides is 1. The number of nitrogens with two attached hydrogens (primary N) is 1. The van der Waals surface area contributed by atoms with Crippen LogP contribution in [0.15, 0.2) is 18.5 Å². The summed E-state index contributed by atoms with van der Waals surface area (Å²) in [6.07, 6.45) is 3.10. The Balaban J connectivity index is 2.30. The van der Waals surface area contributed by atoms with Crippen molar-refractivity contribution in [3.63, 3.8) is 0 Å². The van der Waals surface area contributed by atoms with Gasteiger partial charge in [-0.25, -0.2) is 0 Å². The van der Waals surface area contributed by atoms with Crippen LogP contribution in [0.2, 0.25) is 0 Å². The van der Waals surface area contributed by atoms with Gasteiger partial charge in [-0.15, -0.1) is 0 Å². The van der Waals surface area contributed by atoms with Crippen molar-refractivity contribution < 1.29 is 4.79 Å². The molecule has 2 aromatic rings. The molecule has 20 heavy (non-hydrogen) atoms. The predicted molar refractivity (Wildman–Crippen MR) is 76.2 cm³/mol. The summed E-state index contributed by atoms with van der Waals surface area (Å²) in [5.74, 6) is 5.31. The summed E-state index contributed by atoms with van der Waals surface area (Å²) >= 11 is 0. The van der Waals surface area contributed by atoms with Gasteiger partial charge in [-0.05, 0) is 19.9 Å². The molecule has 0 saturated carbocycles. The highest BCUT2D eigenvalue weighted by Gasteiger charge is 2.14. The number of anilines is 1. The van der Waals surface area contributed by atoms with E-state index >= 15 is 0 Å². The van der Waals surface area contributed by atoms with Crippen molar-refractivity contribution in [3.8, 4) is 11.8 Å². The van der Waals surface area contributed by atoms with Gasteiger partial charge in [-0.1, -0.05) is 11.8 Å². The molecule has 102 valence electrons. The standard InChI is InChI=1S/C14H15N5O/c1-9-13(10(2)19-18-9)17-14(20)12-5-7-16-8-11(12)4-3-6-15/h5,7-8H,6,15H2,1-2H3,(H,17,20)(H,18,19). The molecular weight excluding hydrogens is 254 g/mol. The number of hydrogen-bond donors (Lipinski definition) is 3. The Labute approximate surface area is 116 Å². The molecule has 0 aliphatic heterocycles. The third-order valence-corrected chi connectivity index (χ3v) is 2.76. The molecular formula is C14H15N5O. The second-order valence-electron chi connectivity index (χ2n) is 4.19. The van der Waals surface area contributed by atoms with Gasteiger partial charge in [-0.2, -0.15) is 5.10 Å². The molecule has 6 nitrogen and oxygen atoms in total. The van der Waals surface area contributed by atoms with Gasteiger partial charge in [0.25, 0.3) is 5.91 Å². The van der Waals surface area contributed by atoms with Gasteiger partial charge in [0.2, 0.25) is 0 Å². The number of nitrogens with zero attached hydrogens (tertiary/aromatic N) is 2. The normalized spacial score (nSPS) is 9.75. The lowest BCUT2D eigenvalue weighted by atomic mass is 10.1. The summed E-state index contributed by atoms with van der Waals surface area (Å²) in [5.41, 5.74) is 8.58. The van der Waals surface area contributed by atoms with Crippen molar-refractivity contribution in [1.82, 2.24) is 15.2 Å². The third kappa shape index (κ3) is 2.84. The van der Waals surface area contributed by atoms with Crippen molar-refractivity contribution >= 4 is 11.6 Å². The number of hydrogen-bond acceptors (Lipinski definition) is 4. The van der Waals surface area contributed by atoms with E-state index in [-0.39, 0.29) is 12.5 Å². The van der Waals surface area contributed by atoms with Gasteiger partial charge in [0, 0.05) is 12.4 Å². The van der Waals surface area contributed by atoms with Crippen LogP contribution >= 0.6 is 0 Å². The van der Waals surface area contributed by atoms with Crippen molar-refractivity contribution in [3.05, 3.63) is 41.0 Å². The molecule has 0 radical (unpaired) electrons. The van der Waals surface area contributed by atoms with Crippen LogP contribution in [0.5, 0.6) is 0 Å². The molecule has 0 spiro atoms. The van der Waals surface area contributed by atoms with E-state index in [9.17, 15) is 4.79 Å². The van der Waals surface area contributed by atoms with Crippen LogP contribution in [0.1, 0.15) is 27.3 Å². The number of aromatic nitrogens is 3. The van der Waals surface area contributed by atoms with E-state index in [1.54, 1.807) is 18.5 Å². The van der Waals surface area contributed by atoms with E-state index in [1.807, 2.05) is 13.8 Å². The Bertz CT molecular complexity index is 674. The summed E-state index contributed by atoms with van der Waals surface area (Å²) in [5, 5.41) is 9.69. The van der Waals surface area contributed by atoms with Crippen molar-refractivity contribution in [1.29, 1.82) is 0 Å². The second kappa shape index (κ2) is 5.99. The maximum Gasteiger partial charge on any atom is 0.257 e. The fraction of sp³-hybridized carbons (Fsp3) is 0.214. The minimum atomic E-state index is -0.249. The zero-order chi connectivity index (χ0) is 14.5. The first-order valence-electron chi connectivity index (χ1n) is 6.09. The lowest BCUT2D eigenvalue weighted by Gasteiger charge is -2.06. The smallest absolute Gasteiger partial charge is 0.257 e. The van der Waals surface area contributed by atoms with E-state index < -0.39 is 0 Å². The first-order valence-corrected chi connectivity index (χ1v) is 6.09. The number of aryl methyl sites for hydroxylation is 2. The SMILES string of the molecule is Cc1n[nH]c(C)c1NC(=O)c1ccncc1C#CCN. The molecule has 2 rings (SSSR count). The Hall–Kier alpha value is -2.65. The molecule has 2 aromatic heterocycles. The average Bonchev–Trinajstić information content (AvgIpc) is 2.77.